The zero-order valence-electron chi connectivity index (χ0n) is 16.2. The summed E-state index contributed by atoms with van der Waals surface area (Å²) < 4.78 is 0. The summed E-state index contributed by atoms with van der Waals surface area (Å²) in [6, 6.07) is 21.4. The molecule has 0 amide bonds. The lowest BCUT2D eigenvalue weighted by Crippen LogP contribution is -2.39. The topological polar surface area (TPSA) is 41.1 Å². The SMILES string of the molecule is CC(C)c1nc(Nc2ccccc2)cc(N2Cc3ccccc3C[C@H]2C)n1. The molecule has 1 N–H and O–H groups in total. The van der Waals surface area contributed by atoms with E-state index >= 15 is 0 Å². The van der Waals surface area contributed by atoms with Gasteiger partial charge in [-0.3, -0.25) is 0 Å². The van der Waals surface area contributed by atoms with Crippen LogP contribution >= 0.6 is 0 Å². The third-order valence-electron chi connectivity index (χ3n) is 5.09. The average molecular weight is 358 g/mol. The van der Waals surface area contributed by atoms with E-state index in [1.54, 1.807) is 0 Å². The number of benzene rings is 2. The molecule has 2 aromatic carbocycles. The summed E-state index contributed by atoms with van der Waals surface area (Å²) in [6.45, 7) is 7.44. The van der Waals surface area contributed by atoms with Gasteiger partial charge in [0.1, 0.15) is 17.5 Å². The fourth-order valence-electron chi connectivity index (χ4n) is 3.58. The van der Waals surface area contributed by atoms with Crippen LogP contribution in [0.5, 0.6) is 0 Å². The number of anilines is 3. The number of aromatic nitrogens is 2. The number of nitrogens with zero attached hydrogens (tertiary/aromatic N) is 3. The van der Waals surface area contributed by atoms with Crippen LogP contribution in [0.4, 0.5) is 17.3 Å². The van der Waals surface area contributed by atoms with Gasteiger partial charge in [0.15, 0.2) is 0 Å². The fourth-order valence-corrected chi connectivity index (χ4v) is 3.58. The molecule has 0 aliphatic carbocycles. The Hall–Kier alpha value is -2.88. The number of para-hydroxylation sites is 1. The van der Waals surface area contributed by atoms with E-state index in [9.17, 15) is 0 Å². The Morgan fingerprint density at radius 1 is 0.963 bits per heavy atom. The summed E-state index contributed by atoms with van der Waals surface area (Å²) in [5.74, 6) is 2.99. The first-order valence-corrected chi connectivity index (χ1v) is 9.64. The summed E-state index contributed by atoms with van der Waals surface area (Å²) in [4.78, 5) is 12.0. The van der Waals surface area contributed by atoms with Gasteiger partial charge >= 0.3 is 0 Å². The second-order valence-electron chi connectivity index (χ2n) is 7.57. The summed E-state index contributed by atoms with van der Waals surface area (Å²) >= 11 is 0. The average Bonchev–Trinajstić information content (AvgIpc) is 2.68. The summed E-state index contributed by atoms with van der Waals surface area (Å²) in [7, 11) is 0. The number of nitrogens with one attached hydrogen (secondary N) is 1. The molecule has 0 spiro atoms. The molecule has 0 unspecified atom stereocenters. The van der Waals surface area contributed by atoms with Gasteiger partial charge in [0.05, 0.1) is 0 Å². The van der Waals surface area contributed by atoms with Crippen molar-refractivity contribution < 1.29 is 0 Å². The lowest BCUT2D eigenvalue weighted by Gasteiger charge is -2.36. The Balaban J connectivity index is 1.69. The Labute approximate surface area is 161 Å². The minimum Gasteiger partial charge on any atom is -0.349 e. The molecule has 0 saturated carbocycles. The zero-order valence-corrected chi connectivity index (χ0v) is 16.2. The largest absolute Gasteiger partial charge is 0.349 e. The maximum absolute atomic E-state index is 4.90. The first kappa shape index (κ1) is 17.5. The smallest absolute Gasteiger partial charge is 0.136 e. The van der Waals surface area contributed by atoms with Crippen LogP contribution in [-0.4, -0.2) is 16.0 Å². The van der Waals surface area contributed by atoms with Crippen molar-refractivity contribution in [2.75, 3.05) is 10.2 Å². The number of hydrogen-bond donors (Lipinski definition) is 1. The minimum atomic E-state index is 0.272. The van der Waals surface area contributed by atoms with E-state index in [1.165, 1.54) is 11.1 Å². The van der Waals surface area contributed by atoms with E-state index in [0.717, 1.165) is 36.1 Å². The molecule has 0 radical (unpaired) electrons. The zero-order chi connectivity index (χ0) is 18.8. The van der Waals surface area contributed by atoms with E-state index in [-0.39, 0.29) is 5.92 Å². The molecular weight excluding hydrogens is 332 g/mol. The van der Waals surface area contributed by atoms with Crippen molar-refractivity contribution >= 4 is 17.3 Å². The molecule has 4 heteroatoms. The van der Waals surface area contributed by atoms with Crippen molar-refractivity contribution in [1.82, 2.24) is 9.97 Å². The molecule has 2 heterocycles. The fraction of sp³-hybridized carbons (Fsp3) is 0.304. The monoisotopic (exact) mass is 358 g/mol. The molecule has 1 aromatic heterocycles. The Morgan fingerprint density at radius 2 is 1.67 bits per heavy atom. The highest BCUT2D eigenvalue weighted by molar-refractivity contribution is 5.60. The van der Waals surface area contributed by atoms with E-state index in [2.05, 4.69) is 73.5 Å². The molecular formula is C23H26N4. The highest BCUT2D eigenvalue weighted by Gasteiger charge is 2.25. The molecule has 0 bridgehead atoms. The van der Waals surface area contributed by atoms with Crippen LogP contribution in [0, 0.1) is 0 Å². The van der Waals surface area contributed by atoms with E-state index in [1.807, 2.05) is 18.2 Å². The van der Waals surface area contributed by atoms with Crippen LogP contribution in [0.15, 0.2) is 60.7 Å². The van der Waals surface area contributed by atoms with Crippen LogP contribution in [0.1, 0.15) is 43.6 Å². The highest BCUT2D eigenvalue weighted by atomic mass is 15.2. The van der Waals surface area contributed by atoms with E-state index in [4.69, 9.17) is 9.97 Å². The van der Waals surface area contributed by atoms with Crippen molar-refractivity contribution in [2.24, 2.45) is 0 Å². The van der Waals surface area contributed by atoms with Crippen molar-refractivity contribution in [3.8, 4) is 0 Å². The van der Waals surface area contributed by atoms with Gasteiger partial charge in [-0.1, -0.05) is 56.3 Å². The lowest BCUT2D eigenvalue weighted by molar-refractivity contribution is 0.583. The molecule has 138 valence electrons. The van der Waals surface area contributed by atoms with Gasteiger partial charge in [-0.2, -0.15) is 0 Å². The standard InChI is InChI=1S/C23H26N4/c1-16(2)23-25-21(24-20-11-5-4-6-12-20)14-22(26-23)27-15-19-10-8-7-9-18(19)13-17(27)3/h4-12,14,16-17H,13,15H2,1-3H3,(H,24,25,26)/t17-/m1/s1. The van der Waals surface area contributed by atoms with Gasteiger partial charge in [0.2, 0.25) is 0 Å². The third-order valence-corrected chi connectivity index (χ3v) is 5.09. The Kier molecular flexibility index (Phi) is 4.80. The Morgan fingerprint density at radius 3 is 2.41 bits per heavy atom. The van der Waals surface area contributed by atoms with Gasteiger partial charge in [-0.15, -0.1) is 0 Å². The Bertz CT molecular complexity index is 921. The second-order valence-corrected chi connectivity index (χ2v) is 7.57. The quantitative estimate of drug-likeness (QED) is 0.687. The molecule has 4 rings (SSSR count). The molecule has 4 nitrogen and oxygen atoms in total. The molecule has 27 heavy (non-hydrogen) atoms. The maximum Gasteiger partial charge on any atom is 0.136 e. The molecule has 1 aliphatic heterocycles. The van der Waals surface area contributed by atoms with Crippen LogP contribution in [0.3, 0.4) is 0 Å². The number of rotatable bonds is 4. The van der Waals surface area contributed by atoms with Crippen molar-refractivity contribution in [2.45, 2.75) is 45.7 Å². The van der Waals surface area contributed by atoms with Crippen molar-refractivity contribution in [3.63, 3.8) is 0 Å². The highest BCUT2D eigenvalue weighted by Crippen LogP contribution is 2.30. The van der Waals surface area contributed by atoms with Gasteiger partial charge in [0, 0.05) is 30.3 Å². The minimum absolute atomic E-state index is 0.272. The van der Waals surface area contributed by atoms with Crippen LogP contribution < -0.4 is 10.2 Å². The van der Waals surface area contributed by atoms with Crippen molar-refractivity contribution in [3.05, 3.63) is 77.6 Å². The predicted molar refractivity (Wildman–Crippen MR) is 112 cm³/mol. The molecule has 0 saturated heterocycles. The van der Waals surface area contributed by atoms with Crippen LogP contribution in [-0.2, 0) is 13.0 Å². The van der Waals surface area contributed by atoms with Gasteiger partial charge < -0.3 is 10.2 Å². The lowest BCUT2D eigenvalue weighted by atomic mass is 9.95. The van der Waals surface area contributed by atoms with Crippen molar-refractivity contribution in [1.29, 1.82) is 0 Å². The summed E-state index contributed by atoms with van der Waals surface area (Å²) in [6.07, 6.45) is 1.04. The first-order chi connectivity index (χ1) is 13.1. The predicted octanol–water partition coefficient (Wildman–Crippen LogP) is 5.29. The van der Waals surface area contributed by atoms with E-state index < -0.39 is 0 Å². The molecule has 1 atom stereocenters. The molecule has 3 aromatic rings. The van der Waals surface area contributed by atoms with Gasteiger partial charge in [-0.05, 0) is 36.6 Å². The normalized spacial score (nSPS) is 16.3. The van der Waals surface area contributed by atoms with Crippen LogP contribution in [0.2, 0.25) is 0 Å². The van der Waals surface area contributed by atoms with Crippen LogP contribution in [0.25, 0.3) is 0 Å². The second kappa shape index (κ2) is 7.39. The van der Waals surface area contributed by atoms with Gasteiger partial charge in [0.25, 0.3) is 0 Å². The number of hydrogen-bond acceptors (Lipinski definition) is 4. The third kappa shape index (κ3) is 3.80. The molecule has 0 fully saturated rings. The number of fused-ring (bicyclic) bond motifs is 1. The maximum atomic E-state index is 4.90. The van der Waals surface area contributed by atoms with E-state index in [0.29, 0.717) is 6.04 Å². The van der Waals surface area contributed by atoms with Gasteiger partial charge in [-0.25, -0.2) is 9.97 Å². The molecule has 1 aliphatic rings. The first-order valence-electron chi connectivity index (χ1n) is 9.64. The summed E-state index contributed by atoms with van der Waals surface area (Å²) in [5, 5.41) is 3.43. The summed E-state index contributed by atoms with van der Waals surface area (Å²) in [5.41, 5.74) is 3.87.